The summed E-state index contributed by atoms with van der Waals surface area (Å²) in [7, 11) is 0. The zero-order chi connectivity index (χ0) is 26.7. The summed E-state index contributed by atoms with van der Waals surface area (Å²) in [6.45, 7) is 3.29. The minimum Gasteiger partial charge on any atom is -0.483 e. The molecule has 0 aromatic heterocycles. The summed E-state index contributed by atoms with van der Waals surface area (Å²) in [5.74, 6) is -1.17. The highest BCUT2D eigenvalue weighted by Gasteiger charge is 2.36. The van der Waals surface area contributed by atoms with Gasteiger partial charge in [-0.3, -0.25) is 19.3 Å². The molecule has 4 rings (SSSR count). The first kappa shape index (κ1) is 26.9. The van der Waals surface area contributed by atoms with Gasteiger partial charge in [-0.25, -0.2) is 4.39 Å². The molecule has 1 aliphatic heterocycles. The normalized spacial score (nSPS) is 14.4. The minimum atomic E-state index is -0.600. The third-order valence-electron chi connectivity index (χ3n) is 5.54. The molecule has 0 aliphatic carbocycles. The summed E-state index contributed by atoms with van der Waals surface area (Å²) in [6.07, 6.45) is 1.51. The van der Waals surface area contributed by atoms with Crippen molar-refractivity contribution in [2.75, 3.05) is 11.9 Å². The van der Waals surface area contributed by atoms with Crippen LogP contribution in [0.1, 0.15) is 22.3 Å². The van der Waals surface area contributed by atoms with Crippen molar-refractivity contribution >= 4 is 68.1 Å². The number of carbonyl (C=O) groups excluding carboxylic acids is 3. The molecule has 0 atom stereocenters. The number of imide groups is 1. The average Bonchev–Trinajstić information content (AvgIpc) is 3.10. The van der Waals surface area contributed by atoms with Gasteiger partial charge in [0, 0.05) is 26.3 Å². The molecule has 3 aromatic carbocycles. The summed E-state index contributed by atoms with van der Waals surface area (Å²) in [5, 5.41) is 2.43. The van der Waals surface area contributed by atoms with E-state index in [-0.39, 0.29) is 34.6 Å². The van der Waals surface area contributed by atoms with Gasteiger partial charge >= 0.3 is 0 Å². The lowest BCUT2D eigenvalue weighted by Crippen LogP contribution is -2.28. The molecule has 1 aliphatic rings. The molecule has 0 unspecified atom stereocenters. The molecule has 1 heterocycles. The van der Waals surface area contributed by atoms with Crippen LogP contribution >= 0.6 is 39.3 Å². The van der Waals surface area contributed by atoms with Gasteiger partial charge in [-0.1, -0.05) is 45.7 Å². The number of amides is 3. The topological polar surface area (TPSA) is 75.7 Å². The third kappa shape index (κ3) is 6.41. The van der Waals surface area contributed by atoms with Crippen molar-refractivity contribution in [3.63, 3.8) is 0 Å². The Morgan fingerprint density at radius 1 is 1.16 bits per heavy atom. The van der Waals surface area contributed by atoms with E-state index >= 15 is 0 Å². The van der Waals surface area contributed by atoms with Crippen LogP contribution in [-0.4, -0.2) is 28.6 Å². The van der Waals surface area contributed by atoms with Crippen LogP contribution in [0.5, 0.6) is 5.75 Å². The predicted molar refractivity (Wildman–Crippen MR) is 147 cm³/mol. The quantitative estimate of drug-likeness (QED) is 0.291. The molecule has 0 saturated carbocycles. The maximum absolute atomic E-state index is 14.2. The average molecular weight is 604 g/mol. The number of aryl methyl sites for hydroxylation is 2. The molecule has 3 aromatic rings. The van der Waals surface area contributed by atoms with Crippen LogP contribution in [0, 0.1) is 19.7 Å². The predicted octanol–water partition coefficient (Wildman–Crippen LogP) is 7.11. The molecule has 0 bridgehead atoms. The van der Waals surface area contributed by atoms with Gasteiger partial charge in [0.1, 0.15) is 11.6 Å². The SMILES string of the molecule is Cc1ccc(C)c(NC(=O)COc2ccc(Br)cc2/C=C2\SC(=O)N(Cc3c(F)cccc3Cl)C2=O)c1. The maximum atomic E-state index is 14.2. The molecule has 0 radical (unpaired) electrons. The first-order valence-electron chi connectivity index (χ1n) is 11.1. The number of anilines is 1. The van der Waals surface area contributed by atoms with Crippen LogP contribution in [-0.2, 0) is 16.1 Å². The number of halogens is 3. The molecular formula is C27H21BrClFN2O4S. The van der Waals surface area contributed by atoms with Crippen molar-refractivity contribution in [1.82, 2.24) is 4.90 Å². The summed E-state index contributed by atoms with van der Waals surface area (Å²) in [6, 6.07) is 15.0. The lowest BCUT2D eigenvalue weighted by molar-refractivity contribution is -0.123. The van der Waals surface area contributed by atoms with Crippen molar-refractivity contribution in [3.05, 3.63) is 97.1 Å². The Hall–Kier alpha value is -3.14. The second kappa shape index (κ2) is 11.5. The van der Waals surface area contributed by atoms with E-state index in [4.69, 9.17) is 16.3 Å². The van der Waals surface area contributed by atoms with E-state index in [1.165, 1.54) is 24.3 Å². The number of ether oxygens (including phenoxy) is 1. The first-order chi connectivity index (χ1) is 17.6. The Balaban J connectivity index is 1.51. The van der Waals surface area contributed by atoms with E-state index < -0.39 is 17.0 Å². The van der Waals surface area contributed by atoms with Gasteiger partial charge in [0.2, 0.25) is 0 Å². The number of nitrogens with one attached hydrogen (secondary N) is 1. The first-order valence-corrected chi connectivity index (χ1v) is 13.1. The second-order valence-corrected chi connectivity index (χ2v) is 10.6. The Morgan fingerprint density at radius 3 is 2.70 bits per heavy atom. The smallest absolute Gasteiger partial charge is 0.293 e. The molecule has 6 nitrogen and oxygen atoms in total. The molecule has 37 heavy (non-hydrogen) atoms. The van der Waals surface area contributed by atoms with Crippen LogP contribution in [0.2, 0.25) is 5.02 Å². The fraction of sp³-hybridized carbons (Fsp3) is 0.148. The number of benzene rings is 3. The van der Waals surface area contributed by atoms with Gasteiger partial charge in [-0.05, 0) is 79.2 Å². The van der Waals surface area contributed by atoms with Crippen molar-refractivity contribution < 1.29 is 23.5 Å². The highest BCUT2D eigenvalue weighted by molar-refractivity contribution is 9.10. The third-order valence-corrected chi connectivity index (χ3v) is 7.29. The number of hydrogen-bond donors (Lipinski definition) is 1. The van der Waals surface area contributed by atoms with Gasteiger partial charge in [0.05, 0.1) is 11.4 Å². The molecule has 10 heteroatoms. The van der Waals surface area contributed by atoms with Gasteiger partial charge in [-0.2, -0.15) is 0 Å². The number of hydrogen-bond acceptors (Lipinski definition) is 5. The zero-order valence-electron chi connectivity index (χ0n) is 19.8. The van der Waals surface area contributed by atoms with E-state index in [0.29, 0.717) is 21.5 Å². The molecular weight excluding hydrogens is 583 g/mol. The standard InChI is InChI=1S/C27H21BrClFN2O4S/c1-15-6-7-16(2)22(10-15)31-25(33)14-36-23-9-8-18(28)11-17(23)12-24-26(34)32(27(35)37-24)13-19-20(29)4-3-5-21(19)30/h3-12H,13-14H2,1-2H3,(H,31,33)/b24-12-. The largest absolute Gasteiger partial charge is 0.483 e. The molecule has 1 N–H and O–H groups in total. The Labute approximate surface area is 231 Å². The van der Waals surface area contributed by atoms with Gasteiger partial charge in [0.15, 0.2) is 6.61 Å². The van der Waals surface area contributed by atoms with E-state index in [9.17, 15) is 18.8 Å². The maximum Gasteiger partial charge on any atom is 0.293 e. The van der Waals surface area contributed by atoms with Crippen molar-refractivity contribution in [2.45, 2.75) is 20.4 Å². The van der Waals surface area contributed by atoms with Crippen LogP contribution < -0.4 is 10.1 Å². The van der Waals surface area contributed by atoms with E-state index in [1.807, 2.05) is 32.0 Å². The van der Waals surface area contributed by atoms with E-state index in [1.54, 1.807) is 18.2 Å². The fourth-order valence-corrected chi connectivity index (χ4v) is 5.01. The highest BCUT2D eigenvalue weighted by atomic mass is 79.9. The highest BCUT2D eigenvalue weighted by Crippen LogP contribution is 2.36. The van der Waals surface area contributed by atoms with Crippen LogP contribution in [0.25, 0.3) is 6.08 Å². The van der Waals surface area contributed by atoms with Gasteiger partial charge in [0.25, 0.3) is 17.1 Å². The Bertz CT molecular complexity index is 1430. The van der Waals surface area contributed by atoms with Crippen molar-refractivity contribution in [3.8, 4) is 5.75 Å². The molecule has 0 spiro atoms. The monoisotopic (exact) mass is 602 g/mol. The molecule has 1 fully saturated rings. The van der Waals surface area contributed by atoms with Gasteiger partial charge in [-0.15, -0.1) is 0 Å². The minimum absolute atomic E-state index is 0.0639. The number of nitrogens with zero attached hydrogens (tertiary/aromatic N) is 1. The molecule has 1 saturated heterocycles. The lowest BCUT2D eigenvalue weighted by Gasteiger charge is -2.14. The Kier molecular flexibility index (Phi) is 8.36. The summed E-state index contributed by atoms with van der Waals surface area (Å²) >= 11 is 10.2. The number of thioether (sulfide) groups is 1. The molecule has 190 valence electrons. The second-order valence-electron chi connectivity index (χ2n) is 8.31. The summed E-state index contributed by atoms with van der Waals surface area (Å²) in [4.78, 5) is 39.2. The van der Waals surface area contributed by atoms with Gasteiger partial charge < -0.3 is 10.1 Å². The number of carbonyl (C=O) groups is 3. The summed E-state index contributed by atoms with van der Waals surface area (Å²) in [5.41, 5.74) is 3.20. The zero-order valence-corrected chi connectivity index (χ0v) is 23.0. The molecule has 3 amide bonds. The van der Waals surface area contributed by atoms with Crippen LogP contribution in [0.4, 0.5) is 14.9 Å². The Morgan fingerprint density at radius 2 is 1.95 bits per heavy atom. The van der Waals surface area contributed by atoms with E-state index in [2.05, 4.69) is 21.2 Å². The number of rotatable bonds is 7. The summed E-state index contributed by atoms with van der Waals surface area (Å²) < 4.78 is 20.7. The lowest BCUT2D eigenvalue weighted by atomic mass is 10.1. The van der Waals surface area contributed by atoms with Crippen molar-refractivity contribution in [2.24, 2.45) is 0 Å². The fourth-order valence-electron chi connectivity index (χ4n) is 3.58. The van der Waals surface area contributed by atoms with Crippen molar-refractivity contribution in [1.29, 1.82) is 0 Å². The van der Waals surface area contributed by atoms with Crippen LogP contribution in [0.3, 0.4) is 0 Å². The van der Waals surface area contributed by atoms with Crippen LogP contribution in [0.15, 0.2) is 64.0 Å². The van der Waals surface area contributed by atoms with E-state index in [0.717, 1.165) is 27.8 Å².